The summed E-state index contributed by atoms with van der Waals surface area (Å²) in [5.41, 5.74) is 4.20. The fraction of sp³-hybridized carbons (Fsp3) is 0.192. The van der Waals surface area contributed by atoms with Crippen LogP contribution in [0.1, 0.15) is 35.4 Å². The van der Waals surface area contributed by atoms with Gasteiger partial charge in [-0.05, 0) is 82.2 Å². The first-order valence-corrected chi connectivity index (χ1v) is 12.2. The highest BCUT2D eigenvalue weighted by Crippen LogP contribution is 2.51. The van der Waals surface area contributed by atoms with Gasteiger partial charge in [0, 0.05) is 22.0 Å². The molecule has 5 rings (SSSR count). The summed E-state index contributed by atoms with van der Waals surface area (Å²) in [4.78, 5) is 0. The molecule has 0 aromatic heterocycles. The molecule has 0 fully saturated rings. The Morgan fingerprint density at radius 2 is 1.82 bits per heavy atom. The largest absolute Gasteiger partial charge is 0.497 e. The third-order valence-corrected chi connectivity index (χ3v) is 6.81. The van der Waals surface area contributed by atoms with Crippen molar-refractivity contribution >= 4 is 37.6 Å². The van der Waals surface area contributed by atoms with Gasteiger partial charge in [0.05, 0.1) is 23.3 Å². The fourth-order valence-corrected chi connectivity index (χ4v) is 5.53. The van der Waals surface area contributed by atoms with E-state index in [1.54, 1.807) is 13.2 Å². The van der Waals surface area contributed by atoms with Crippen LogP contribution in [0, 0.1) is 0 Å². The second-order valence-electron chi connectivity index (χ2n) is 7.82. The van der Waals surface area contributed by atoms with Gasteiger partial charge in [-0.3, -0.25) is 0 Å². The number of rotatable bonds is 6. The minimum atomic E-state index is -0.357. The van der Waals surface area contributed by atoms with Crippen molar-refractivity contribution in [1.82, 2.24) is 5.01 Å². The second-order valence-corrected chi connectivity index (χ2v) is 9.59. The molecule has 5 nitrogen and oxygen atoms in total. The molecule has 0 amide bonds. The SMILES string of the molecule is C=CCOc1ccc([C@@H]2Oc3c(Br)cc(Br)cc3[C@@H]3CC(c4ccc(OC)cc4)=NN32)cc1. The first-order valence-electron chi connectivity index (χ1n) is 10.6. The topological polar surface area (TPSA) is 43.3 Å². The molecule has 0 saturated carbocycles. The van der Waals surface area contributed by atoms with E-state index >= 15 is 0 Å². The van der Waals surface area contributed by atoms with Crippen LogP contribution in [0.15, 0.2) is 87.4 Å². The highest BCUT2D eigenvalue weighted by molar-refractivity contribution is 9.11. The van der Waals surface area contributed by atoms with E-state index in [2.05, 4.69) is 61.6 Å². The predicted molar refractivity (Wildman–Crippen MR) is 136 cm³/mol. The van der Waals surface area contributed by atoms with Crippen LogP contribution in [-0.2, 0) is 0 Å². The molecule has 168 valence electrons. The van der Waals surface area contributed by atoms with Crippen molar-refractivity contribution in [3.05, 3.63) is 99.0 Å². The molecule has 33 heavy (non-hydrogen) atoms. The highest BCUT2D eigenvalue weighted by Gasteiger charge is 2.42. The summed E-state index contributed by atoms with van der Waals surface area (Å²) in [6, 6.07) is 20.2. The monoisotopic (exact) mass is 568 g/mol. The van der Waals surface area contributed by atoms with E-state index in [-0.39, 0.29) is 12.3 Å². The summed E-state index contributed by atoms with van der Waals surface area (Å²) < 4.78 is 19.4. The molecule has 7 heteroatoms. The van der Waals surface area contributed by atoms with Crippen molar-refractivity contribution in [2.75, 3.05) is 13.7 Å². The molecule has 0 saturated heterocycles. The third-order valence-electron chi connectivity index (χ3n) is 5.76. The maximum absolute atomic E-state index is 6.53. The number of nitrogens with zero attached hydrogens (tertiary/aromatic N) is 2. The lowest BCUT2D eigenvalue weighted by Gasteiger charge is -2.38. The van der Waals surface area contributed by atoms with Crippen molar-refractivity contribution < 1.29 is 14.2 Å². The molecule has 0 bridgehead atoms. The van der Waals surface area contributed by atoms with Crippen LogP contribution in [0.5, 0.6) is 17.2 Å². The molecule has 0 aliphatic carbocycles. The molecule has 0 N–H and O–H groups in total. The van der Waals surface area contributed by atoms with Gasteiger partial charge < -0.3 is 14.2 Å². The molecule has 3 aromatic carbocycles. The van der Waals surface area contributed by atoms with Gasteiger partial charge in [-0.2, -0.15) is 5.10 Å². The Kier molecular flexibility index (Phi) is 6.17. The number of halogens is 2. The first kappa shape index (κ1) is 22.0. The van der Waals surface area contributed by atoms with Gasteiger partial charge in [0.1, 0.15) is 23.9 Å². The molecular formula is C26H22Br2N2O3. The minimum Gasteiger partial charge on any atom is -0.497 e. The van der Waals surface area contributed by atoms with Crippen LogP contribution in [0.25, 0.3) is 0 Å². The van der Waals surface area contributed by atoms with Crippen molar-refractivity contribution in [3.63, 3.8) is 0 Å². The summed E-state index contributed by atoms with van der Waals surface area (Å²) in [5, 5.41) is 7.10. The Labute approximate surface area is 209 Å². The Morgan fingerprint density at radius 1 is 1.09 bits per heavy atom. The predicted octanol–water partition coefficient (Wildman–Crippen LogP) is 7.03. The van der Waals surface area contributed by atoms with Crippen LogP contribution in [0.3, 0.4) is 0 Å². The Hall–Kier alpha value is -2.77. The highest BCUT2D eigenvalue weighted by atomic mass is 79.9. The molecule has 0 radical (unpaired) electrons. The summed E-state index contributed by atoms with van der Waals surface area (Å²) in [5.74, 6) is 2.47. The van der Waals surface area contributed by atoms with Crippen LogP contribution >= 0.6 is 31.9 Å². The zero-order chi connectivity index (χ0) is 22.9. The summed E-state index contributed by atoms with van der Waals surface area (Å²) in [6.45, 7) is 4.17. The quantitative estimate of drug-likeness (QED) is 0.299. The molecule has 2 atom stereocenters. The zero-order valence-corrected chi connectivity index (χ0v) is 21.2. The van der Waals surface area contributed by atoms with E-state index in [4.69, 9.17) is 19.3 Å². The van der Waals surface area contributed by atoms with Gasteiger partial charge in [-0.15, -0.1) is 0 Å². The van der Waals surface area contributed by atoms with Crippen LogP contribution in [-0.4, -0.2) is 24.4 Å². The molecule has 2 heterocycles. The molecule has 2 aliphatic rings. The average Bonchev–Trinajstić information content (AvgIpc) is 3.29. The van der Waals surface area contributed by atoms with Crippen molar-refractivity contribution in [2.45, 2.75) is 18.7 Å². The molecule has 3 aromatic rings. The first-order chi connectivity index (χ1) is 16.1. The van der Waals surface area contributed by atoms with Crippen LogP contribution in [0.2, 0.25) is 0 Å². The van der Waals surface area contributed by atoms with E-state index in [1.165, 1.54) is 0 Å². The minimum absolute atomic E-state index is 0.0568. The van der Waals surface area contributed by atoms with Crippen molar-refractivity contribution in [3.8, 4) is 17.2 Å². The third kappa shape index (κ3) is 4.27. The Morgan fingerprint density at radius 3 is 2.52 bits per heavy atom. The van der Waals surface area contributed by atoms with Crippen LogP contribution < -0.4 is 14.2 Å². The number of methoxy groups -OCH3 is 1. The smallest absolute Gasteiger partial charge is 0.213 e. The van der Waals surface area contributed by atoms with E-state index < -0.39 is 0 Å². The Bertz CT molecular complexity index is 1210. The van der Waals surface area contributed by atoms with Crippen molar-refractivity contribution in [1.29, 1.82) is 0 Å². The van der Waals surface area contributed by atoms with Gasteiger partial charge in [0.2, 0.25) is 6.23 Å². The normalized spacial score (nSPS) is 18.6. The number of hydrazone groups is 1. The van der Waals surface area contributed by atoms with Crippen LogP contribution in [0.4, 0.5) is 0 Å². The standard InChI is InChI=1S/C26H22Br2N2O3/c1-3-12-32-20-10-6-17(7-11-20)26-30-24(21-13-18(27)14-22(28)25(21)33-26)15-23(29-30)16-4-8-19(31-2)9-5-16/h3-11,13-14,24,26H,1,12,15H2,2H3/t24-,26-/m0/s1. The lowest BCUT2D eigenvalue weighted by molar-refractivity contribution is -0.0197. The maximum atomic E-state index is 6.53. The lowest BCUT2D eigenvalue weighted by atomic mass is 9.96. The van der Waals surface area contributed by atoms with E-state index in [1.807, 2.05) is 42.5 Å². The molecular weight excluding hydrogens is 548 g/mol. The van der Waals surface area contributed by atoms with Gasteiger partial charge in [-0.25, -0.2) is 5.01 Å². The van der Waals surface area contributed by atoms with E-state index in [0.717, 1.165) is 55.0 Å². The molecule has 0 unspecified atom stereocenters. The number of benzene rings is 3. The maximum Gasteiger partial charge on any atom is 0.213 e. The van der Waals surface area contributed by atoms with Gasteiger partial charge in [0.25, 0.3) is 0 Å². The molecule has 2 aliphatic heterocycles. The second kappa shape index (κ2) is 9.23. The summed E-state index contributed by atoms with van der Waals surface area (Å²) in [6.07, 6.45) is 2.15. The van der Waals surface area contributed by atoms with Gasteiger partial charge in [0.15, 0.2) is 0 Å². The number of hydrogen-bond donors (Lipinski definition) is 0. The van der Waals surface area contributed by atoms with Gasteiger partial charge in [-0.1, -0.05) is 28.6 Å². The van der Waals surface area contributed by atoms with E-state index in [9.17, 15) is 0 Å². The average molecular weight is 570 g/mol. The molecule has 0 spiro atoms. The van der Waals surface area contributed by atoms with Gasteiger partial charge >= 0.3 is 0 Å². The summed E-state index contributed by atoms with van der Waals surface area (Å²) >= 11 is 7.32. The van der Waals surface area contributed by atoms with E-state index in [0.29, 0.717) is 6.61 Å². The zero-order valence-electron chi connectivity index (χ0n) is 18.0. The lowest BCUT2D eigenvalue weighted by Crippen LogP contribution is -2.33. The number of ether oxygens (including phenoxy) is 3. The number of hydrogen-bond acceptors (Lipinski definition) is 5. The Balaban J connectivity index is 1.54. The number of fused-ring (bicyclic) bond motifs is 3. The fourth-order valence-electron chi connectivity index (χ4n) is 4.18. The summed E-state index contributed by atoms with van der Waals surface area (Å²) in [7, 11) is 1.67. The van der Waals surface area contributed by atoms with Crippen molar-refractivity contribution in [2.24, 2.45) is 5.10 Å².